The van der Waals surface area contributed by atoms with Gasteiger partial charge in [0, 0.05) is 0 Å². The summed E-state index contributed by atoms with van der Waals surface area (Å²) < 4.78 is 0.865. The normalized spacial score (nSPS) is 10.6. The Morgan fingerprint density at radius 1 is 0.793 bits per heavy atom. The molecule has 0 aliphatic carbocycles. The van der Waals surface area contributed by atoms with Crippen molar-refractivity contribution >= 4 is 44.6 Å². The molecule has 0 aliphatic rings. The Labute approximate surface area is 176 Å². The van der Waals surface area contributed by atoms with Crippen LogP contribution < -0.4 is 21.1 Å². The van der Waals surface area contributed by atoms with Crippen LogP contribution in [0.25, 0.3) is 11.1 Å². The quantitative estimate of drug-likeness (QED) is 0.393. The van der Waals surface area contributed by atoms with Gasteiger partial charge in [-0.25, -0.2) is 0 Å². The molecule has 0 heterocycles. The van der Waals surface area contributed by atoms with Gasteiger partial charge in [0.25, 0.3) is 0 Å². The third-order valence-electron chi connectivity index (χ3n) is 4.43. The van der Waals surface area contributed by atoms with Crippen LogP contribution in [-0.2, 0) is 9.59 Å². The van der Waals surface area contributed by atoms with E-state index in [9.17, 15) is 14.4 Å². The summed E-state index contributed by atoms with van der Waals surface area (Å²) in [5.74, 6) is -3.21. The monoisotopic (exact) mass is 447 g/mol. The van der Waals surface area contributed by atoms with Crippen LogP contribution in [0.15, 0.2) is 72.8 Å². The molecule has 3 amide bonds. The third kappa shape index (κ3) is 4.73. The fourth-order valence-electron chi connectivity index (χ4n) is 2.94. The predicted molar refractivity (Wildman–Crippen MR) is 113 cm³/mol. The fourth-order valence-corrected chi connectivity index (χ4v) is 3.35. The molecule has 0 saturated heterocycles. The van der Waals surface area contributed by atoms with E-state index in [-0.39, 0.29) is 5.91 Å². The van der Waals surface area contributed by atoms with E-state index in [4.69, 9.17) is 11.5 Å². The third-order valence-corrected chi connectivity index (χ3v) is 5.25. The van der Waals surface area contributed by atoms with Crippen LogP contribution in [0.4, 0.5) is 5.69 Å². The van der Waals surface area contributed by atoms with Crippen LogP contribution in [0.2, 0.25) is 0 Å². The first kappa shape index (κ1) is 20.4. The molecule has 0 unspecified atom stereocenters. The molecule has 5 N–H and O–H groups in total. The molecule has 0 spiro atoms. The number of nitrogens with two attached hydrogens (primary N) is 2. The summed E-state index contributed by atoms with van der Waals surface area (Å²) in [4.78, 5) is 35.5. The SMILES string of the molecule is NC(=O)C(C(N)=O)c1ccc(C(=O)Nc2cc(-c3ccccc3)ccc2[As])cc1. The first-order valence-electron chi connectivity index (χ1n) is 8.75. The summed E-state index contributed by atoms with van der Waals surface area (Å²) in [5, 5.41) is 2.89. The maximum absolute atomic E-state index is 12.7. The molecule has 0 bridgehead atoms. The number of anilines is 1. The Bertz CT molecular complexity index is 1050. The number of rotatable bonds is 6. The molecule has 3 rings (SSSR count). The number of amides is 3. The van der Waals surface area contributed by atoms with Crippen molar-refractivity contribution in [3.8, 4) is 11.1 Å². The molecule has 3 aromatic carbocycles. The molecule has 0 aromatic heterocycles. The Hall–Kier alpha value is -3.37. The van der Waals surface area contributed by atoms with Crippen molar-refractivity contribution in [2.45, 2.75) is 5.92 Å². The summed E-state index contributed by atoms with van der Waals surface area (Å²) in [6.07, 6.45) is 0. The average molecular weight is 447 g/mol. The standard InChI is InChI=1S/C22H18AsN3O3/c23-17-11-10-16(13-4-2-1-3-5-13)12-18(17)26-22(29)15-8-6-14(7-9-15)19(20(24)27)21(25)28/h1-12,19H,(H2,24,27)(H2,25,28)(H,26,29). The molecule has 0 fully saturated rings. The van der Waals surface area contributed by atoms with E-state index in [1.807, 2.05) is 48.5 Å². The number of hydrogen-bond donors (Lipinski definition) is 3. The van der Waals surface area contributed by atoms with E-state index in [0.29, 0.717) is 16.8 Å². The number of nitrogens with one attached hydrogen (secondary N) is 1. The van der Waals surface area contributed by atoms with E-state index in [0.717, 1.165) is 15.5 Å². The van der Waals surface area contributed by atoms with E-state index in [1.54, 1.807) is 0 Å². The molecule has 144 valence electrons. The van der Waals surface area contributed by atoms with Crippen molar-refractivity contribution in [1.82, 2.24) is 0 Å². The van der Waals surface area contributed by atoms with Gasteiger partial charge in [-0.1, -0.05) is 0 Å². The van der Waals surface area contributed by atoms with Crippen molar-refractivity contribution in [3.05, 3.63) is 83.9 Å². The molecular formula is C22H18AsN3O3. The van der Waals surface area contributed by atoms with Gasteiger partial charge in [0.05, 0.1) is 0 Å². The van der Waals surface area contributed by atoms with E-state index < -0.39 is 17.7 Å². The molecule has 29 heavy (non-hydrogen) atoms. The summed E-state index contributed by atoms with van der Waals surface area (Å²) >= 11 is 2.43. The zero-order valence-corrected chi connectivity index (χ0v) is 17.2. The van der Waals surface area contributed by atoms with Crippen molar-refractivity contribution in [2.75, 3.05) is 5.32 Å². The number of carbonyl (C=O) groups is 3. The van der Waals surface area contributed by atoms with E-state index in [2.05, 4.69) is 22.2 Å². The van der Waals surface area contributed by atoms with Gasteiger partial charge in [0.1, 0.15) is 0 Å². The van der Waals surface area contributed by atoms with Crippen molar-refractivity contribution < 1.29 is 14.4 Å². The van der Waals surface area contributed by atoms with Gasteiger partial charge in [0.2, 0.25) is 0 Å². The number of hydrogen-bond acceptors (Lipinski definition) is 3. The molecule has 3 aromatic rings. The molecular weight excluding hydrogens is 429 g/mol. The zero-order valence-electron chi connectivity index (χ0n) is 15.3. The van der Waals surface area contributed by atoms with Gasteiger partial charge >= 0.3 is 177 Å². The summed E-state index contributed by atoms with van der Waals surface area (Å²) in [7, 11) is 0. The maximum atomic E-state index is 12.7. The van der Waals surface area contributed by atoms with Crippen LogP contribution >= 0.6 is 0 Å². The Kier molecular flexibility index (Phi) is 6.15. The number of benzene rings is 3. The van der Waals surface area contributed by atoms with Gasteiger partial charge < -0.3 is 0 Å². The Balaban J connectivity index is 1.82. The van der Waals surface area contributed by atoms with Gasteiger partial charge in [0.15, 0.2) is 0 Å². The van der Waals surface area contributed by atoms with Crippen molar-refractivity contribution in [1.29, 1.82) is 0 Å². The summed E-state index contributed by atoms with van der Waals surface area (Å²) in [6, 6.07) is 21.7. The second-order valence-electron chi connectivity index (χ2n) is 6.41. The van der Waals surface area contributed by atoms with Crippen molar-refractivity contribution in [2.24, 2.45) is 11.5 Å². The Morgan fingerprint density at radius 2 is 1.41 bits per heavy atom. The number of carbonyl (C=O) groups excluding carboxylic acids is 3. The van der Waals surface area contributed by atoms with Gasteiger partial charge in [-0.05, 0) is 0 Å². The second-order valence-corrected chi connectivity index (χ2v) is 7.42. The molecule has 0 aliphatic heterocycles. The van der Waals surface area contributed by atoms with Gasteiger partial charge in [-0.15, -0.1) is 0 Å². The minimum atomic E-state index is -1.23. The predicted octanol–water partition coefficient (Wildman–Crippen LogP) is 1.45. The molecule has 7 heteroatoms. The molecule has 0 saturated carbocycles. The first-order valence-corrected chi connectivity index (χ1v) is 9.69. The van der Waals surface area contributed by atoms with Crippen LogP contribution in [0.5, 0.6) is 0 Å². The van der Waals surface area contributed by atoms with Gasteiger partial charge in [-0.2, -0.15) is 0 Å². The molecule has 6 nitrogen and oxygen atoms in total. The van der Waals surface area contributed by atoms with E-state index >= 15 is 0 Å². The van der Waals surface area contributed by atoms with Gasteiger partial charge in [-0.3, -0.25) is 0 Å². The number of primary amides is 2. The summed E-state index contributed by atoms with van der Waals surface area (Å²) in [5.41, 5.74) is 13.9. The van der Waals surface area contributed by atoms with Crippen LogP contribution in [0.1, 0.15) is 21.8 Å². The van der Waals surface area contributed by atoms with Crippen LogP contribution in [0, 0.1) is 0 Å². The zero-order chi connectivity index (χ0) is 21.0. The first-order chi connectivity index (χ1) is 13.9. The Morgan fingerprint density at radius 3 is 2.00 bits per heavy atom. The minimum absolute atomic E-state index is 0.316. The second kappa shape index (κ2) is 8.76. The van der Waals surface area contributed by atoms with E-state index in [1.165, 1.54) is 24.3 Å². The topological polar surface area (TPSA) is 115 Å². The van der Waals surface area contributed by atoms with Crippen molar-refractivity contribution in [3.63, 3.8) is 0 Å². The van der Waals surface area contributed by atoms with Crippen LogP contribution in [-0.4, -0.2) is 34.6 Å². The average Bonchev–Trinajstić information content (AvgIpc) is 2.70. The fraction of sp³-hybridized carbons (Fsp3) is 0.0455. The molecule has 2 radical (unpaired) electrons. The van der Waals surface area contributed by atoms with Crippen LogP contribution in [0.3, 0.4) is 0 Å². The molecule has 0 atom stereocenters. The summed E-state index contributed by atoms with van der Waals surface area (Å²) in [6.45, 7) is 0.